The summed E-state index contributed by atoms with van der Waals surface area (Å²) in [6.07, 6.45) is 4.58. The lowest BCUT2D eigenvalue weighted by Gasteiger charge is -2.39. The van der Waals surface area contributed by atoms with Crippen LogP contribution in [-0.2, 0) is 14.2 Å². The largest absolute Gasteiger partial charge is 0.457 e. The predicted molar refractivity (Wildman–Crippen MR) is 171 cm³/mol. The molecule has 0 spiro atoms. The minimum absolute atomic E-state index is 0.0747. The Hall–Kier alpha value is -4.15. The van der Waals surface area contributed by atoms with Crippen molar-refractivity contribution in [1.29, 1.82) is 0 Å². The van der Waals surface area contributed by atoms with E-state index < -0.39 is 5.60 Å². The van der Waals surface area contributed by atoms with E-state index in [-0.39, 0.29) is 24.3 Å². The van der Waals surface area contributed by atoms with E-state index in [1.54, 1.807) is 4.90 Å². The van der Waals surface area contributed by atoms with Crippen LogP contribution in [0.25, 0.3) is 22.2 Å². The summed E-state index contributed by atoms with van der Waals surface area (Å²) in [5.41, 5.74) is 8.52. The highest BCUT2D eigenvalue weighted by Crippen LogP contribution is 2.37. The Morgan fingerprint density at radius 1 is 0.932 bits per heavy atom. The van der Waals surface area contributed by atoms with E-state index in [1.807, 2.05) is 89.2 Å². The van der Waals surface area contributed by atoms with Crippen LogP contribution < -0.4 is 10.5 Å². The fourth-order valence-electron chi connectivity index (χ4n) is 5.55. The Morgan fingerprint density at radius 2 is 1.57 bits per heavy atom. The number of ether oxygens (including phenoxy) is 4. The van der Waals surface area contributed by atoms with Crippen molar-refractivity contribution in [3.05, 3.63) is 67.1 Å². The smallest absolute Gasteiger partial charge is 0.410 e. The first-order chi connectivity index (χ1) is 21.2. The number of nitrogens with two attached hydrogens (primary N) is 1. The van der Waals surface area contributed by atoms with Crippen LogP contribution in [0.4, 0.5) is 10.6 Å². The molecule has 2 fully saturated rings. The third-order valence-corrected chi connectivity index (χ3v) is 7.66. The van der Waals surface area contributed by atoms with Crippen molar-refractivity contribution in [2.24, 2.45) is 5.92 Å². The number of piperidine rings is 1. The number of benzene rings is 2. The Balaban J connectivity index is 0.00000188. The summed E-state index contributed by atoms with van der Waals surface area (Å²) in [7, 11) is 0. The zero-order valence-corrected chi connectivity index (χ0v) is 26.2. The number of nitrogens with zero attached hydrogens (tertiary/aromatic N) is 4. The second-order valence-corrected chi connectivity index (χ2v) is 11.8. The Kier molecular flexibility index (Phi) is 9.71. The van der Waals surface area contributed by atoms with Gasteiger partial charge < -0.3 is 34.1 Å². The van der Waals surface area contributed by atoms with Gasteiger partial charge in [0.2, 0.25) is 0 Å². The zero-order valence-electron chi connectivity index (χ0n) is 26.2. The van der Waals surface area contributed by atoms with Gasteiger partial charge in [0, 0.05) is 30.8 Å². The average molecular weight is 602 g/mol. The summed E-state index contributed by atoms with van der Waals surface area (Å²) in [6.45, 7) is 11.9. The second-order valence-electron chi connectivity index (χ2n) is 11.8. The van der Waals surface area contributed by atoms with Crippen LogP contribution >= 0.6 is 0 Å². The monoisotopic (exact) mass is 601 g/mol. The normalized spacial score (nSPS) is 19.2. The lowest BCUT2D eigenvalue weighted by atomic mass is 9.96. The van der Waals surface area contributed by atoms with E-state index in [2.05, 4.69) is 20.7 Å². The van der Waals surface area contributed by atoms with Crippen molar-refractivity contribution in [3.63, 3.8) is 0 Å². The lowest BCUT2D eigenvalue weighted by molar-refractivity contribution is -0.225. The van der Waals surface area contributed by atoms with Crippen molar-refractivity contribution < 1.29 is 23.7 Å². The van der Waals surface area contributed by atoms with E-state index in [1.165, 1.54) is 6.33 Å². The van der Waals surface area contributed by atoms with Crippen molar-refractivity contribution in [1.82, 2.24) is 19.4 Å². The summed E-state index contributed by atoms with van der Waals surface area (Å²) in [5, 5.41) is 0.797. The molecular weight excluding hydrogens is 558 g/mol. The molecular formula is C34H43N5O5. The molecule has 2 aromatic carbocycles. The predicted octanol–water partition coefficient (Wildman–Crippen LogP) is 7.06. The standard InChI is InChI=1S/C32H37N5O5.C2H6/c1-32(2,3)42-31(38)36-15-13-22(14-16-36)30-39-18-23(19-40-30)37-17-26(27-28(33)34-20-35-29(27)37)21-9-11-25(12-10-21)41-24-7-5-4-6-8-24;1-2/h4-12,17,20,22-23,30H,13-16,18-19H2,1-3H3,(H2,33,34,35);1-2H3. The first-order valence-electron chi connectivity index (χ1n) is 15.4. The van der Waals surface area contributed by atoms with Gasteiger partial charge in [0.15, 0.2) is 6.29 Å². The van der Waals surface area contributed by atoms with Crippen LogP contribution in [0.3, 0.4) is 0 Å². The number of amides is 1. The molecule has 0 radical (unpaired) electrons. The molecule has 44 heavy (non-hydrogen) atoms. The van der Waals surface area contributed by atoms with Crippen LogP contribution in [0, 0.1) is 5.92 Å². The van der Waals surface area contributed by atoms with Gasteiger partial charge in [-0.25, -0.2) is 14.8 Å². The molecule has 2 aliphatic heterocycles. The average Bonchev–Trinajstić information content (AvgIpc) is 3.43. The van der Waals surface area contributed by atoms with Gasteiger partial charge in [0.1, 0.15) is 34.9 Å². The van der Waals surface area contributed by atoms with E-state index in [4.69, 9.17) is 24.7 Å². The molecule has 0 aliphatic carbocycles. The highest BCUT2D eigenvalue weighted by atomic mass is 16.7. The van der Waals surface area contributed by atoms with Crippen LogP contribution in [0.2, 0.25) is 0 Å². The van der Waals surface area contributed by atoms with Crippen molar-refractivity contribution in [2.45, 2.75) is 65.4 Å². The number of likely N-dealkylation sites (tertiary alicyclic amines) is 1. The lowest BCUT2D eigenvalue weighted by Crippen LogP contribution is -2.46. The van der Waals surface area contributed by atoms with Crippen LogP contribution in [0.5, 0.6) is 11.5 Å². The van der Waals surface area contributed by atoms with Gasteiger partial charge in [-0.15, -0.1) is 0 Å². The number of carbonyl (C=O) groups is 1. The number of anilines is 1. The first-order valence-corrected chi connectivity index (χ1v) is 15.4. The van der Waals surface area contributed by atoms with Crippen LogP contribution in [0.1, 0.15) is 53.5 Å². The number of aromatic nitrogens is 3. The highest BCUT2D eigenvalue weighted by Gasteiger charge is 2.35. The van der Waals surface area contributed by atoms with Crippen LogP contribution in [-0.4, -0.2) is 63.7 Å². The molecule has 4 aromatic rings. The molecule has 10 nitrogen and oxygen atoms in total. The Morgan fingerprint density at radius 3 is 2.20 bits per heavy atom. The third kappa shape index (κ3) is 7.14. The van der Waals surface area contributed by atoms with E-state index in [9.17, 15) is 4.79 Å². The number of para-hydroxylation sites is 1. The number of carbonyl (C=O) groups excluding carboxylic acids is 1. The molecule has 0 atom stereocenters. The number of hydrogen-bond acceptors (Lipinski definition) is 8. The van der Waals surface area contributed by atoms with Crippen molar-refractivity contribution in [2.75, 3.05) is 32.0 Å². The van der Waals surface area contributed by atoms with Gasteiger partial charge in [0.05, 0.1) is 24.6 Å². The van der Waals surface area contributed by atoms with Gasteiger partial charge >= 0.3 is 6.09 Å². The Bertz CT molecular complexity index is 1520. The number of fused-ring (bicyclic) bond motifs is 1. The van der Waals surface area contributed by atoms with Crippen LogP contribution in [0.15, 0.2) is 67.1 Å². The summed E-state index contributed by atoms with van der Waals surface area (Å²) in [4.78, 5) is 23.1. The number of nitrogen functional groups attached to an aromatic ring is 1. The molecule has 2 aliphatic rings. The maximum absolute atomic E-state index is 12.4. The maximum atomic E-state index is 12.4. The van der Waals surface area contributed by atoms with Crippen molar-refractivity contribution in [3.8, 4) is 22.6 Å². The van der Waals surface area contributed by atoms with E-state index >= 15 is 0 Å². The molecule has 234 valence electrons. The summed E-state index contributed by atoms with van der Waals surface area (Å²) in [6, 6.07) is 17.5. The first kappa shape index (κ1) is 31.3. The molecule has 2 aromatic heterocycles. The minimum Gasteiger partial charge on any atom is -0.457 e. The zero-order chi connectivity index (χ0) is 31.3. The fraction of sp³-hybridized carbons (Fsp3) is 0.441. The summed E-state index contributed by atoms with van der Waals surface area (Å²) < 4.78 is 26.1. The quantitative estimate of drug-likeness (QED) is 0.259. The second kappa shape index (κ2) is 13.7. The molecule has 10 heteroatoms. The number of rotatable bonds is 5. The molecule has 2 N–H and O–H groups in total. The van der Waals surface area contributed by atoms with Gasteiger partial charge in [-0.05, 0) is 63.4 Å². The molecule has 0 unspecified atom stereocenters. The Labute approximate surface area is 259 Å². The van der Waals surface area contributed by atoms with Gasteiger partial charge in [-0.2, -0.15) is 0 Å². The van der Waals surface area contributed by atoms with Crippen molar-refractivity contribution >= 4 is 22.9 Å². The van der Waals surface area contributed by atoms with Gasteiger partial charge in [-0.3, -0.25) is 0 Å². The van der Waals surface area contributed by atoms with Gasteiger partial charge in [0.25, 0.3) is 0 Å². The SMILES string of the molecule is CC.CC(C)(C)OC(=O)N1CCC(C2OCC(n3cc(-c4ccc(Oc5ccccc5)cc4)c4c(N)ncnc43)CO2)CC1. The molecule has 0 bridgehead atoms. The third-order valence-electron chi connectivity index (χ3n) is 7.66. The molecule has 6 rings (SSSR count). The molecule has 0 saturated carbocycles. The highest BCUT2D eigenvalue weighted by molar-refractivity contribution is 6.00. The summed E-state index contributed by atoms with van der Waals surface area (Å²) >= 11 is 0. The van der Waals surface area contributed by atoms with E-state index in [0.29, 0.717) is 32.1 Å². The number of hydrogen-bond donors (Lipinski definition) is 1. The summed E-state index contributed by atoms with van der Waals surface area (Å²) in [5.74, 6) is 2.17. The molecule has 1 amide bonds. The van der Waals surface area contributed by atoms with Gasteiger partial charge in [-0.1, -0.05) is 44.2 Å². The molecule has 2 saturated heterocycles. The fourth-order valence-corrected chi connectivity index (χ4v) is 5.55. The van der Waals surface area contributed by atoms with E-state index in [0.717, 1.165) is 46.5 Å². The minimum atomic E-state index is -0.503. The molecule has 4 heterocycles. The topological polar surface area (TPSA) is 114 Å². The maximum Gasteiger partial charge on any atom is 0.410 e.